The molecule has 1 unspecified atom stereocenters. The van der Waals surface area contributed by atoms with Crippen LogP contribution in [0.25, 0.3) is 0 Å². The van der Waals surface area contributed by atoms with E-state index in [-0.39, 0.29) is 24.2 Å². The molecule has 0 radical (unpaired) electrons. The van der Waals surface area contributed by atoms with Crippen LogP contribution in [0, 0.1) is 5.92 Å². The van der Waals surface area contributed by atoms with Gasteiger partial charge in [-0.25, -0.2) is 0 Å². The molecule has 0 aliphatic carbocycles. The Hall–Kier alpha value is -3.60. The zero-order valence-electron chi connectivity index (χ0n) is 16.0. The second kappa shape index (κ2) is 8.61. The lowest BCUT2D eigenvalue weighted by atomic mass is 10.1. The Labute approximate surface area is 169 Å². The molecule has 5 heteroatoms. The molecule has 0 aromatic heterocycles. The number of para-hydroxylation sites is 1. The summed E-state index contributed by atoms with van der Waals surface area (Å²) in [7, 11) is 0. The molecule has 29 heavy (non-hydrogen) atoms. The van der Waals surface area contributed by atoms with E-state index in [9.17, 15) is 9.59 Å². The average molecular weight is 386 g/mol. The summed E-state index contributed by atoms with van der Waals surface area (Å²) in [5.74, 6) is 0.990. The largest absolute Gasteiger partial charge is 0.457 e. The fourth-order valence-electron chi connectivity index (χ4n) is 3.38. The van der Waals surface area contributed by atoms with E-state index in [0.29, 0.717) is 24.5 Å². The number of carbonyl (C=O) groups is 2. The second-order valence-corrected chi connectivity index (χ2v) is 7.09. The Morgan fingerprint density at radius 1 is 0.897 bits per heavy atom. The first-order valence-corrected chi connectivity index (χ1v) is 9.63. The molecule has 1 N–H and O–H groups in total. The Bertz CT molecular complexity index is 972. The first-order chi connectivity index (χ1) is 14.2. The number of rotatable bonds is 6. The minimum atomic E-state index is -0.341. The van der Waals surface area contributed by atoms with Gasteiger partial charge < -0.3 is 15.0 Å². The topological polar surface area (TPSA) is 58.6 Å². The van der Waals surface area contributed by atoms with Gasteiger partial charge in [0.25, 0.3) is 0 Å². The summed E-state index contributed by atoms with van der Waals surface area (Å²) < 4.78 is 5.76. The highest BCUT2D eigenvalue weighted by atomic mass is 16.5. The van der Waals surface area contributed by atoms with Crippen LogP contribution in [-0.4, -0.2) is 23.3 Å². The van der Waals surface area contributed by atoms with Gasteiger partial charge in [-0.2, -0.15) is 0 Å². The van der Waals surface area contributed by atoms with E-state index < -0.39 is 0 Å². The molecule has 2 amide bonds. The number of hydrogen-bond donors (Lipinski definition) is 1. The maximum atomic E-state index is 12.6. The summed E-state index contributed by atoms with van der Waals surface area (Å²) in [5, 5.41) is 2.91. The fraction of sp³-hybridized carbons (Fsp3) is 0.167. The predicted octanol–water partition coefficient (Wildman–Crippen LogP) is 4.47. The molecule has 1 atom stereocenters. The molecule has 4 rings (SSSR count). The first kappa shape index (κ1) is 18.7. The lowest BCUT2D eigenvalue weighted by Gasteiger charge is -2.16. The van der Waals surface area contributed by atoms with Crippen molar-refractivity contribution < 1.29 is 14.3 Å². The van der Waals surface area contributed by atoms with Crippen LogP contribution in [0.4, 0.5) is 5.69 Å². The van der Waals surface area contributed by atoms with Crippen molar-refractivity contribution in [1.29, 1.82) is 0 Å². The Morgan fingerprint density at radius 3 is 2.21 bits per heavy atom. The van der Waals surface area contributed by atoms with Crippen LogP contribution in [-0.2, 0) is 16.1 Å². The van der Waals surface area contributed by atoms with Crippen molar-refractivity contribution >= 4 is 17.5 Å². The predicted molar refractivity (Wildman–Crippen MR) is 112 cm³/mol. The van der Waals surface area contributed by atoms with Crippen molar-refractivity contribution in [2.24, 2.45) is 5.92 Å². The molecule has 1 aliphatic heterocycles. The number of benzene rings is 3. The monoisotopic (exact) mass is 386 g/mol. The van der Waals surface area contributed by atoms with Gasteiger partial charge in [0.15, 0.2) is 0 Å². The SMILES string of the molecule is O=C(Nc1ccc(Oc2ccccc2)cc1)C1CC(=O)N(Cc2ccccc2)C1. The van der Waals surface area contributed by atoms with Gasteiger partial charge in [0, 0.05) is 25.2 Å². The fourth-order valence-corrected chi connectivity index (χ4v) is 3.38. The number of ether oxygens (including phenoxy) is 1. The van der Waals surface area contributed by atoms with Crippen molar-refractivity contribution in [3.05, 3.63) is 90.5 Å². The van der Waals surface area contributed by atoms with Gasteiger partial charge in [-0.05, 0) is 42.0 Å². The van der Waals surface area contributed by atoms with Crippen LogP contribution in [0.15, 0.2) is 84.9 Å². The molecular weight excluding hydrogens is 364 g/mol. The van der Waals surface area contributed by atoms with Gasteiger partial charge in [-0.3, -0.25) is 9.59 Å². The molecule has 146 valence electrons. The van der Waals surface area contributed by atoms with Crippen molar-refractivity contribution in [2.45, 2.75) is 13.0 Å². The highest BCUT2D eigenvalue weighted by molar-refractivity contribution is 5.97. The second-order valence-electron chi connectivity index (χ2n) is 7.09. The van der Waals surface area contributed by atoms with Crippen LogP contribution in [0.5, 0.6) is 11.5 Å². The minimum absolute atomic E-state index is 0.0145. The first-order valence-electron chi connectivity index (χ1n) is 9.63. The molecule has 0 bridgehead atoms. The number of amides is 2. The third-order valence-electron chi connectivity index (χ3n) is 4.90. The highest BCUT2D eigenvalue weighted by Gasteiger charge is 2.34. The molecule has 3 aromatic rings. The Balaban J connectivity index is 1.33. The molecule has 1 aliphatic rings. The van der Waals surface area contributed by atoms with Crippen molar-refractivity contribution in [1.82, 2.24) is 4.90 Å². The van der Waals surface area contributed by atoms with Gasteiger partial charge >= 0.3 is 0 Å². The van der Waals surface area contributed by atoms with E-state index in [1.807, 2.05) is 72.8 Å². The minimum Gasteiger partial charge on any atom is -0.457 e. The van der Waals surface area contributed by atoms with Gasteiger partial charge in [0.1, 0.15) is 11.5 Å². The van der Waals surface area contributed by atoms with E-state index >= 15 is 0 Å². The Kier molecular flexibility index (Phi) is 5.56. The Morgan fingerprint density at radius 2 is 1.52 bits per heavy atom. The quantitative estimate of drug-likeness (QED) is 0.680. The molecule has 3 aromatic carbocycles. The number of hydrogen-bond acceptors (Lipinski definition) is 3. The number of likely N-dealkylation sites (tertiary alicyclic amines) is 1. The molecule has 1 saturated heterocycles. The van der Waals surface area contributed by atoms with Crippen LogP contribution >= 0.6 is 0 Å². The number of carbonyl (C=O) groups excluding carboxylic acids is 2. The van der Waals surface area contributed by atoms with Crippen LogP contribution in [0.1, 0.15) is 12.0 Å². The maximum Gasteiger partial charge on any atom is 0.229 e. The normalized spacial score (nSPS) is 15.9. The van der Waals surface area contributed by atoms with Crippen LogP contribution in [0.3, 0.4) is 0 Å². The lowest BCUT2D eigenvalue weighted by Crippen LogP contribution is -2.28. The summed E-state index contributed by atoms with van der Waals surface area (Å²) in [4.78, 5) is 26.7. The third-order valence-corrected chi connectivity index (χ3v) is 4.90. The van der Waals surface area contributed by atoms with Gasteiger partial charge in [0.05, 0.1) is 5.92 Å². The average Bonchev–Trinajstić information content (AvgIpc) is 3.11. The van der Waals surface area contributed by atoms with E-state index in [4.69, 9.17) is 4.74 Å². The van der Waals surface area contributed by atoms with Gasteiger partial charge in [0.2, 0.25) is 11.8 Å². The van der Waals surface area contributed by atoms with E-state index in [0.717, 1.165) is 11.3 Å². The summed E-state index contributed by atoms with van der Waals surface area (Å²) in [6, 6.07) is 26.6. The molecule has 1 heterocycles. The number of nitrogens with zero attached hydrogens (tertiary/aromatic N) is 1. The van der Waals surface area contributed by atoms with Crippen LogP contribution in [0.2, 0.25) is 0 Å². The third kappa shape index (κ3) is 4.82. The van der Waals surface area contributed by atoms with Crippen LogP contribution < -0.4 is 10.1 Å². The van der Waals surface area contributed by atoms with Crippen molar-refractivity contribution in [3.8, 4) is 11.5 Å². The smallest absolute Gasteiger partial charge is 0.229 e. The number of anilines is 1. The van der Waals surface area contributed by atoms with Crippen molar-refractivity contribution in [2.75, 3.05) is 11.9 Å². The van der Waals surface area contributed by atoms with Crippen molar-refractivity contribution in [3.63, 3.8) is 0 Å². The zero-order chi connectivity index (χ0) is 20.1. The summed E-state index contributed by atoms with van der Waals surface area (Å²) >= 11 is 0. The van der Waals surface area contributed by atoms with Gasteiger partial charge in [-0.1, -0.05) is 48.5 Å². The summed E-state index contributed by atoms with van der Waals surface area (Å²) in [6.45, 7) is 0.976. The number of nitrogens with one attached hydrogen (secondary N) is 1. The summed E-state index contributed by atoms with van der Waals surface area (Å²) in [6.07, 6.45) is 0.244. The standard InChI is InChI=1S/C24H22N2O3/c27-23-15-19(17-26(23)16-18-7-3-1-4-8-18)24(28)25-20-11-13-22(14-12-20)29-21-9-5-2-6-10-21/h1-14,19H,15-17H2,(H,25,28). The zero-order valence-corrected chi connectivity index (χ0v) is 16.0. The molecule has 1 fully saturated rings. The van der Waals surface area contributed by atoms with E-state index in [1.165, 1.54) is 0 Å². The lowest BCUT2D eigenvalue weighted by molar-refractivity contribution is -0.128. The molecule has 5 nitrogen and oxygen atoms in total. The molecular formula is C24H22N2O3. The maximum absolute atomic E-state index is 12.6. The molecule has 0 spiro atoms. The highest BCUT2D eigenvalue weighted by Crippen LogP contribution is 2.25. The summed E-state index contributed by atoms with van der Waals surface area (Å²) in [5.41, 5.74) is 1.75. The van der Waals surface area contributed by atoms with Gasteiger partial charge in [-0.15, -0.1) is 0 Å². The van der Waals surface area contributed by atoms with E-state index in [1.54, 1.807) is 17.0 Å². The van der Waals surface area contributed by atoms with E-state index in [2.05, 4.69) is 5.32 Å². The molecule has 0 saturated carbocycles.